The molecule has 1 saturated carbocycles. The number of hydrogen-bond acceptors (Lipinski definition) is 4. The van der Waals surface area contributed by atoms with Gasteiger partial charge in [0.05, 0.1) is 12.8 Å². The molecule has 0 saturated heterocycles. The number of methoxy groups -OCH3 is 1. The average Bonchev–Trinajstić information content (AvgIpc) is 3.36. The third-order valence-corrected chi connectivity index (χ3v) is 3.62. The lowest BCUT2D eigenvalue weighted by Crippen LogP contribution is -2.26. The van der Waals surface area contributed by atoms with Gasteiger partial charge in [0.1, 0.15) is 5.75 Å². The molecule has 3 N–H and O–H groups in total. The van der Waals surface area contributed by atoms with Crippen LogP contribution in [-0.2, 0) is 14.4 Å². The standard InChI is InChI=1S/C17H23N3O4/c1-11(21)19-14-10-13(7-8-15(14)24-2)20-16(22)4-3-9-18-17(23)12-5-6-12/h7-8,10,12H,3-6,9H2,1-2H3,(H,18,23)(H,19,21)(H,20,22). The van der Waals surface area contributed by atoms with E-state index in [0.29, 0.717) is 36.5 Å². The highest BCUT2D eigenvalue weighted by Crippen LogP contribution is 2.29. The molecule has 0 radical (unpaired) electrons. The summed E-state index contributed by atoms with van der Waals surface area (Å²) in [6.07, 6.45) is 2.84. The fourth-order valence-electron chi connectivity index (χ4n) is 2.25. The van der Waals surface area contributed by atoms with Crippen LogP contribution in [0.3, 0.4) is 0 Å². The Morgan fingerprint density at radius 1 is 1.21 bits per heavy atom. The van der Waals surface area contributed by atoms with Crippen molar-refractivity contribution in [1.29, 1.82) is 0 Å². The van der Waals surface area contributed by atoms with Gasteiger partial charge in [-0.15, -0.1) is 0 Å². The Labute approximate surface area is 141 Å². The fraction of sp³-hybridized carbons (Fsp3) is 0.471. The molecule has 0 atom stereocenters. The number of carbonyl (C=O) groups is 3. The van der Waals surface area contributed by atoms with Crippen molar-refractivity contribution in [3.05, 3.63) is 18.2 Å². The molecule has 0 heterocycles. The maximum Gasteiger partial charge on any atom is 0.224 e. The predicted molar refractivity (Wildman–Crippen MR) is 90.9 cm³/mol. The molecule has 0 aromatic heterocycles. The van der Waals surface area contributed by atoms with Crippen LogP contribution in [0.2, 0.25) is 0 Å². The SMILES string of the molecule is COc1ccc(NC(=O)CCCNC(=O)C2CC2)cc1NC(C)=O. The molecule has 1 aliphatic carbocycles. The van der Waals surface area contributed by atoms with E-state index in [4.69, 9.17) is 4.74 Å². The monoisotopic (exact) mass is 333 g/mol. The zero-order valence-corrected chi connectivity index (χ0v) is 14.0. The van der Waals surface area contributed by atoms with E-state index in [1.807, 2.05) is 0 Å². The minimum absolute atomic E-state index is 0.0884. The summed E-state index contributed by atoms with van der Waals surface area (Å²) in [6.45, 7) is 1.91. The van der Waals surface area contributed by atoms with Crippen LogP contribution in [0.15, 0.2) is 18.2 Å². The van der Waals surface area contributed by atoms with Gasteiger partial charge in [-0.1, -0.05) is 0 Å². The van der Waals surface area contributed by atoms with Gasteiger partial charge >= 0.3 is 0 Å². The van der Waals surface area contributed by atoms with E-state index in [-0.39, 0.29) is 23.6 Å². The summed E-state index contributed by atoms with van der Waals surface area (Å²) in [4.78, 5) is 34.6. The Balaban J connectivity index is 1.79. The molecule has 7 heteroatoms. The van der Waals surface area contributed by atoms with Crippen LogP contribution in [0.1, 0.15) is 32.6 Å². The zero-order chi connectivity index (χ0) is 17.5. The predicted octanol–water partition coefficient (Wildman–Crippen LogP) is 1.90. The molecule has 1 aliphatic rings. The minimum Gasteiger partial charge on any atom is -0.495 e. The number of ether oxygens (including phenoxy) is 1. The Bertz CT molecular complexity index is 626. The van der Waals surface area contributed by atoms with Gasteiger partial charge in [-0.25, -0.2) is 0 Å². The van der Waals surface area contributed by atoms with E-state index in [1.165, 1.54) is 14.0 Å². The number of rotatable bonds is 8. The third-order valence-electron chi connectivity index (χ3n) is 3.62. The zero-order valence-electron chi connectivity index (χ0n) is 14.0. The first-order valence-corrected chi connectivity index (χ1v) is 8.03. The Kier molecular flexibility index (Phi) is 6.17. The summed E-state index contributed by atoms with van der Waals surface area (Å²) in [5.41, 5.74) is 1.08. The van der Waals surface area contributed by atoms with Crippen molar-refractivity contribution >= 4 is 29.1 Å². The van der Waals surface area contributed by atoms with Crippen LogP contribution in [0, 0.1) is 5.92 Å². The van der Waals surface area contributed by atoms with Gasteiger partial charge in [0.2, 0.25) is 17.7 Å². The van der Waals surface area contributed by atoms with E-state index in [1.54, 1.807) is 18.2 Å². The Hall–Kier alpha value is -2.57. The van der Waals surface area contributed by atoms with E-state index in [2.05, 4.69) is 16.0 Å². The van der Waals surface area contributed by atoms with Gasteiger partial charge in [-0.05, 0) is 37.5 Å². The van der Waals surface area contributed by atoms with Gasteiger partial charge in [0.15, 0.2) is 0 Å². The van der Waals surface area contributed by atoms with Crippen molar-refractivity contribution < 1.29 is 19.1 Å². The average molecular weight is 333 g/mol. The minimum atomic E-state index is -0.219. The van der Waals surface area contributed by atoms with Gasteiger partial charge in [-0.2, -0.15) is 0 Å². The van der Waals surface area contributed by atoms with Gasteiger partial charge < -0.3 is 20.7 Å². The van der Waals surface area contributed by atoms with E-state index < -0.39 is 0 Å². The highest BCUT2D eigenvalue weighted by atomic mass is 16.5. The molecule has 0 aliphatic heterocycles. The maximum atomic E-state index is 11.9. The lowest BCUT2D eigenvalue weighted by atomic mass is 10.2. The van der Waals surface area contributed by atoms with Gasteiger partial charge in [0, 0.05) is 31.5 Å². The van der Waals surface area contributed by atoms with Crippen LogP contribution < -0.4 is 20.7 Å². The summed E-state index contributed by atoms with van der Waals surface area (Å²) in [7, 11) is 1.51. The first-order chi connectivity index (χ1) is 11.5. The first-order valence-electron chi connectivity index (χ1n) is 8.03. The number of carbonyl (C=O) groups excluding carboxylic acids is 3. The topological polar surface area (TPSA) is 96.5 Å². The van der Waals surface area contributed by atoms with Gasteiger partial charge in [0.25, 0.3) is 0 Å². The molecule has 0 spiro atoms. The normalized spacial score (nSPS) is 13.1. The number of anilines is 2. The second kappa shape index (κ2) is 8.33. The molecule has 130 valence electrons. The molecular formula is C17H23N3O4. The van der Waals surface area contributed by atoms with Crippen LogP contribution in [-0.4, -0.2) is 31.4 Å². The summed E-state index contributed by atoms with van der Waals surface area (Å²) < 4.78 is 5.16. The lowest BCUT2D eigenvalue weighted by molar-refractivity contribution is -0.122. The smallest absolute Gasteiger partial charge is 0.224 e. The van der Waals surface area contributed by atoms with E-state index in [9.17, 15) is 14.4 Å². The first kappa shape index (κ1) is 17.8. The molecule has 2 rings (SSSR count). The van der Waals surface area contributed by atoms with Gasteiger partial charge in [-0.3, -0.25) is 14.4 Å². The molecule has 1 aromatic carbocycles. The molecule has 7 nitrogen and oxygen atoms in total. The summed E-state index contributed by atoms with van der Waals surface area (Å²) >= 11 is 0. The lowest BCUT2D eigenvalue weighted by Gasteiger charge is -2.12. The second-order valence-corrected chi connectivity index (χ2v) is 5.81. The highest BCUT2D eigenvalue weighted by Gasteiger charge is 2.28. The van der Waals surface area contributed by atoms with E-state index >= 15 is 0 Å². The Morgan fingerprint density at radius 3 is 2.58 bits per heavy atom. The fourth-order valence-corrected chi connectivity index (χ4v) is 2.25. The molecule has 0 unspecified atom stereocenters. The highest BCUT2D eigenvalue weighted by molar-refractivity contribution is 5.94. The van der Waals surface area contributed by atoms with Crippen molar-refractivity contribution in [2.75, 3.05) is 24.3 Å². The summed E-state index contributed by atoms with van der Waals surface area (Å²) in [5.74, 6) is 0.430. The largest absolute Gasteiger partial charge is 0.495 e. The van der Waals surface area contributed by atoms with Crippen molar-refractivity contribution in [3.8, 4) is 5.75 Å². The number of benzene rings is 1. The van der Waals surface area contributed by atoms with Crippen LogP contribution in [0.5, 0.6) is 5.75 Å². The molecule has 0 bridgehead atoms. The van der Waals surface area contributed by atoms with Crippen LogP contribution >= 0.6 is 0 Å². The quantitative estimate of drug-likeness (QED) is 0.633. The van der Waals surface area contributed by atoms with Crippen molar-refractivity contribution in [1.82, 2.24) is 5.32 Å². The van der Waals surface area contributed by atoms with Crippen molar-refractivity contribution in [3.63, 3.8) is 0 Å². The van der Waals surface area contributed by atoms with E-state index in [0.717, 1.165) is 12.8 Å². The maximum absolute atomic E-state index is 11.9. The number of amides is 3. The molecule has 1 aromatic rings. The summed E-state index contributed by atoms with van der Waals surface area (Å²) in [6, 6.07) is 5.03. The van der Waals surface area contributed by atoms with Crippen LogP contribution in [0.25, 0.3) is 0 Å². The second-order valence-electron chi connectivity index (χ2n) is 5.81. The summed E-state index contributed by atoms with van der Waals surface area (Å²) in [5, 5.41) is 8.25. The van der Waals surface area contributed by atoms with Crippen LogP contribution in [0.4, 0.5) is 11.4 Å². The molecular weight excluding hydrogens is 310 g/mol. The van der Waals surface area contributed by atoms with Crippen molar-refractivity contribution in [2.45, 2.75) is 32.6 Å². The molecule has 24 heavy (non-hydrogen) atoms. The third kappa shape index (κ3) is 5.57. The molecule has 1 fully saturated rings. The number of nitrogens with one attached hydrogen (secondary N) is 3. The Morgan fingerprint density at radius 2 is 1.96 bits per heavy atom. The van der Waals surface area contributed by atoms with Crippen molar-refractivity contribution in [2.24, 2.45) is 5.92 Å². The number of hydrogen-bond donors (Lipinski definition) is 3. The molecule has 3 amide bonds.